The average molecular weight is 230 g/mol. The number of rotatable bonds is 5. The van der Waals surface area contributed by atoms with Crippen molar-refractivity contribution in [2.45, 2.75) is 13.3 Å². The fourth-order valence-corrected chi connectivity index (χ4v) is 1.09. The van der Waals surface area contributed by atoms with E-state index in [9.17, 15) is 4.79 Å². The van der Waals surface area contributed by atoms with Crippen molar-refractivity contribution in [1.82, 2.24) is 4.98 Å². The number of pyridine rings is 1. The van der Waals surface area contributed by atoms with Gasteiger partial charge in [0.05, 0.1) is 13.0 Å². The lowest BCUT2D eigenvalue weighted by Crippen LogP contribution is -2.09. The zero-order valence-electron chi connectivity index (χ0n) is 8.40. The number of nitrogens with zero attached hydrogens (tertiary/aromatic N) is 1. The van der Waals surface area contributed by atoms with Crippen molar-refractivity contribution >= 4 is 17.6 Å². The van der Waals surface area contributed by atoms with Gasteiger partial charge in [-0.15, -0.1) is 0 Å². The highest BCUT2D eigenvalue weighted by molar-refractivity contribution is 6.30. The Hall–Kier alpha value is -1.29. The Morgan fingerprint density at radius 1 is 1.60 bits per heavy atom. The van der Waals surface area contributed by atoms with Crippen LogP contribution in [0.4, 0.5) is 0 Å². The number of hydrogen-bond acceptors (Lipinski definition) is 4. The fraction of sp³-hybridized carbons (Fsp3) is 0.400. The second-order valence-corrected chi connectivity index (χ2v) is 3.15. The van der Waals surface area contributed by atoms with E-state index in [-0.39, 0.29) is 19.0 Å². The van der Waals surface area contributed by atoms with Gasteiger partial charge in [-0.3, -0.25) is 4.79 Å². The molecule has 0 unspecified atom stereocenters. The van der Waals surface area contributed by atoms with Crippen LogP contribution in [0.5, 0.6) is 5.88 Å². The minimum absolute atomic E-state index is 0.210. The Bertz CT molecular complexity index is 330. The first-order valence-corrected chi connectivity index (χ1v) is 5.00. The monoisotopic (exact) mass is 229 g/mol. The van der Waals surface area contributed by atoms with Crippen molar-refractivity contribution in [1.29, 1.82) is 0 Å². The summed E-state index contributed by atoms with van der Waals surface area (Å²) < 4.78 is 9.95. The summed E-state index contributed by atoms with van der Waals surface area (Å²) in [5, 5.41) is 0.552. The minimum Gasteiger partial charge on any atom is -0.477 e. The summed E-state index contributed by atoms with van der Waals surface area (Å²) in [4.78, 5) is 14.9. The van der Waals surface area contributed by atoms with Crippen molar-refractivity contribution in [3.05, 3.63) is 23.4 Å². The van der Waals surface area contributed by atoms with Crippen molar-refractivity contribution in [2.24, 2.45) is 0 Å². The largest absolute Gasteiger partial charge is 0.477 e. The predicted octanol–water partition coefficient (Wildman–Crippen LogP) is 2.07. The fourth-order valence-electron chi connectivity index (χ4n) is 0.936. The van der Waals surface area contributed by atoms with Gasteiger partial charge < -0.3 is 9.47 Å². The van der Waals surface area contributed by atoms with E-state index < -0.39 is 0 Å². The Morgan fingerprint density at radius 3 is 3.07 bits per heavy atom. The molecule has 1 aromatic rings. The van der Waals surface area contributed by atoms with Crippen LogP contribution in [0, 0.1) is 0 Å². The number of carbonyl (C=O) groups is 1. The molecule has 0 fully saturated rings. The first kappa shape index (κ1) is 11.8. The zero-order chi connectivity index (χ0) is 11.1. The second-order valence-electron chi connectivity index (χ2n) is 2.72. The molecule has 4 nitrogen and oxygen atoms in total. The molecule has 0 radical (unpaired) electrons. The number of esters is 1. The van der Waals surface area contributed by atoms with Crippen LogP contribution >= 0.6 is 11.6 Å². The molecule has 0 amide bonds. The lowest BCUT2D eigenvalue weighted by atomic mass is 10.4. The van der Waals surface area contributed by atoms with E-state index in [1.807, 2.05) is 0 Å². The summed E-state index contributed by atoms with van der Waals surface area (Å²) in [5.74, 6) is 0.131. The minimum atomic E-state index is -0.278. The molecule has 0 saturated carbocycles. The molecule has 0 bridgehead atoms. The predicted molar refractivity (Wildman–Crippen MR) is 56.0 cm³/mol. The van der Waals surface area contributed by atoms with Crippen molar-refractivity contribution < 1.29 is 14.3 Å². The molecule has 1 rings (SSSR count). The van der Waals surface area contributed by atoms with Crippen LogP contribution in [-0.4, -0.2) is 24.2 Å². The molecule has 0 aromatic carbocycles. The molecule has 0 aliphatic rings. The summed E-state index contributed by atoms with van der Waals surface area (Å²) in [5.41, 5.74) is 0. The van der Waals surface area contributed by atoms with Gasteiger partial charge in [-0.1, -0.05) is 11.6 Å². The third-order valence-corrected chi connectivity index (χ3v) is 1.79. The maximum atomic E-state index is 11.0. The van der Waals surface area contributed by atoms with Gasteiger partial charge in [0.2, 0.25) is 5.88 Å². The van der Waals surface area contributed by atoms with Crippen LogP contribution in [0.25, 0.3) is 0 Å². The van der Waals surface area contributed by atoms with Gasteiger partial charge in [-0.2, -0.15) is 0 Å². The topological polar surface area (TPSA) is 48.4 Å². The average Bonchev–Trinajstić information content (AvgIpc) is 2.18. The van der Waals surface area contributed by atoms with Crippen LogP contribution in [0.1, 0.15) is 13.3 Å². The van der Waals surface area contributed by atoms with Gasteiger partial charge in [0.15, 0.2) is 0 Å². The van der Waals surface area contributed by atoms with Gasteiger partial charge in [-0.25, -0.2) is 4.98 Å². The molecule has 1 heterocycles. The van der Waals surface area contributed by atoms with Crippen LogP contribution in [0.2, 0.25) is 5.02 Å². The van der Waals surface area contributed by atoms with Crippen LogP contribution in [-0.2, 0) is 9.53 Å². The van der Waals surface area contributed by atoms with Crippen molar-refractivity contribution in [3.63, 3.8) is 0 Å². The van der Waals surface area contributed by atoms with Crippen LogP contribution in [0.15, 0.2) is 18.3 Å². The van der Waals surface area contributed by atoms with Gasteiger partial charge in [-0.05, 0) is 13.0 Å². The van der Waals surface area contributed by atoms with E-state index in [2.05, 4.69) is 4.98 Å². The van der Waals surface area contributed by atoms with Crippen LogP contribution in [0.3, 0.4) is 0 Å². The number of ether oxygens (including phenoxy) is 2. The number of hydrogen-bond donors (Lipinski definition) is 0. The van der Waals surface area contributed by atoms with Gasteiger partial charge >= 0.3 is 5.97 Å². The van der Waals surface area contributed by atoms with E-state index in [1.54, 1.807) is 25.3 Å². The van der Waals surface area contributed by atoms with Crippen molar-refractivity contribution in [2.75, 3.05) is 13.2 Å². The molecule has 0 aliphatic heterocycles. The molecule has 0 saturated heterocycles. The van der Waals surface area contributed by atoms with E-state index in [1.165, 1.54) is 0 Å². The van der Waals surface area contributed by atoms with E-state index in [4.69, 9.17) is 21.1 Å². The van der Waals surface area contributed by atoms with E-state index in [0.717, 1.165) is 0 Å². The third-order valence-electron chi connectivity index (χ3n) is 1.56. The smallest absolute Gasteiger partial charge is 0.309 e. The lowest BCUT2D eigenvalue weighted by molar-refractivity contribution is -0.143. The summed E-state index contributed by atoms with van der Waals surface area (Å²) in [6.45, 7) is 2.39. The van der Waals surface area contributed by atoms with E-state index in [0.29, 0.717) is 17.5 Å². The molecule has 0 aliphatic carbocycles. The summed E-state index contributed by atoms with van der Waals surface area (Å²) >= 11 is 5.72. The summed E-state index contributed by atoms with van der Waals surface area (Å²) in [7, 11) is 0. The highest BCUT2D eigenvalue weighted by atomic mass is 35.5. The van der Waals surface area contributed by atoms with Gasteiger partial charge in [0, 0.05) is 17.3 Å². The van der Waals surface area contributed by atoms with Gasteiger partial charge in [0.25, 0.3) is 0 Å². The maximum absolute atomic E-state index is 11.0. The maximum Gasteiger partial charge on any atom is 0.309 e. The van der Waals surface area contributed by atoms with Crippen LogP contribution < -0.4 is 4.74 Å². The molecule has 0 N–H and O–H groups in total. The molecular weight excluding hydrogens is 218 g/mol. The molecule has 1 aromatic heterocycles. The standard InChI is InChI=1S/C10H12ClNO3/c1-2-14-10(13)4-6-15-9-7-8(11)3-5-12-9/h3,5,7H,2,4,6H2,1H3. The van der Waals surface area contributed by atoms with Crippen molar-refractivity contribution in [3.8, 4) is 5.88 Å². The quantitative estimate of drug-likeness (QED) is 0.726. The Morgan fingerprint density at radius 2 is 2.40 bits per heavy atom. The normalized spacial score (nSPS) is 9.73. The summed E-state index contributed by atoms with van der Waals surface area (Å²) in [6, 6.07) is 3.24. The molecule has 0 spiro atoms. The Labute approximate surface area is 93.2 Å². The highest BCUT2D eigenvalue weighted by Gasteiger charge is 2.02. The van der Waals surface area contributed by atoms with E-state index >= 15 is 0 Å². The van der Waals surface area contributed by atoms with Gasteiger partial charge in [0.1, 0.15) is 6.61 Å². The first-order valence-electron chi connectivity index (χ1n) is 4.62. The Kier molecular flexibility index (Phi) is 4.90. The lowest BCUT2D eigenvalue weighted by Gasteiger charge is -2.04. The molecule has 15 heavy (non-hydrogen) atoms. The number of aromatic nitrogens is 1. The SMILES string of the molecule is CCOC(=O)CCOc1cc(Cl)ccn1. The number of carbonyl (C=O) groups excluding carboxylic acids is 1. The molecule has 82 valence electrons. The number of halogens is 1. The second kappa shape index (κ2) is 6.24. The highest BCUT2D eigenvalue weighted by Crippen LogP contribution is 2.13. The third kappa shape index (κ3) is 4.65. The molecule has 0 atom stereocenters. The zero-order valence-corrected chi connectivity index (χ0v) is 9.16. The summed E-state index contributed by atoms with van der Waals surface area (Å²) in [6.07, 6.45) is 1.75. The molecular formula is C10H12ClNO3. The molecule has 5 heteroatoms. The Balaban J connectivity index is 2.28. The first-order chi connectivity index (χ1) is 7.22.